The lowest BCUT2D eigenvalue weighted by atomic mass is 10.1. The number of hydrogen-bond acceptors (Lipinski definition) is 3. The summed E-state index contributed by atoms with van der Waals surface area (Å²) in [4.78, 5) is 15.9. The SMILES string of the molecule is CCCCCCCCCCCCCCOc1ccc(C)cc1CN(C(C)=O)c1cccc(C[n+]2csc(C)c2)c1.[Br-]. The Balaban J connectivity index is 0.00000588. The third-order valence-electron chi connectivity index (χ3n) is 7.49. The highest BCUT2D eigenvalue weighted by Crippen LogP contribution is 2.26. The van der Waals surface area contributed by atoms with Gasteiger partial charge in [0.25, 0.3) is 0 Å². The number of thiazole rings is 1. The molecular weight excluding hydrogens is 592 g/mol. The molecule has 0 saturated carbocycles. The predicted octanol–water partition coefficient (Wildman–Crippen LogP) is 6.34. The third kappa shape index (κ3) is 13.1. The van der Waals surface area contributed by atoms with Crippen LogP contribution >= 0.6 is 11.3 Å². The Morgan fingerprint density at radius 1 is 0.878 bits per heavy atom. The number of amides is 1. The lowest BCUT2D eigenvalue weighted by molar-refractivity contribution is -0.683. The van der Waals surface area contributed by atoms with Gasteiger partial charge in [0.2, 0.25) is 11.4 Å². The molecule has 6 heteroatoms. The van der Waals surface area contributed by atoms with Gasteiger partial charge in [0.05, 0.1) is 18.0 Å². The molecule has 41 heavy (non-hydrogen) atoms. The molecule has 0 fully saturated rings. The molecule has 0 bridgehead atoms. The summed E-state index contributed by atoms with van der Waals surface area (Å²) in [6, 6.07) is 14.6. The first kappa shape index (κ1) is 35.0. The van der Waals surface area contributed by atoms with Gasteiger partial charge in [-0.1, -0.05) is 119 Å². The van der Waals surface area contributed by atoms with Gasteiger partial charge in [-0.25, -0.2) is 0 Å². The number of benzene rings is 2. The molecular formula is C35H51BrN2O2S. The van der Waals surface area contributed by atoms with Crippen LogP contribution in [0.4, 0.5) is 5.69 Å². The number of aryl methyl sites for hydroxylation is 2. The summed E-state index contributed by atoms with van der Waals surface area (Å²) >= 11 is 1.75. The lowest BCUT2D eigenvalue weighted by Crippen LogP contribution is -3.00. The van der Waals surface area contributed by atoms with Crippen LogP contribution in [0, 0.1) is 13.8 Å². The molecule has 2 aromatic carbocycles. The first-order chi connectivity index (χ1) is 19.5. The summed E-state index contributed by atoms with van der Waals surface area (Å²) in [5.41, 5.74) is 6.47. The molecule has 226 valence electrons. The average molecular weight is 644 g/mol. The highest BCUT2D eigenvalue weighted by Gasteiger charge is 2.17. The predicted molar refractivity (Wildman–Crippen MR) is 169 cm³/mol. The first-order valence-electron chi connectivity index (χ1n) is 15.5. The van der Waals surface area contributed by atoms with E-state index in [4.69, 9.17) is 4.74 Å². The van der Waals surface area contributed by atoms with Crippen LogP contribution in [0.25, 0.3) is 0 Å². The van der Waals surface area contributed by atoms with Gasteiger partial charge in [-0.15, -0.1) is 0 Å². The van der Waals surface area contributed by atoms with Crippen LogP contribution in [-0.2, 0) is 17.9 Å². The molecule has 0 saturated heterocycles. The van der Waals surface area contributed by atoms with Crippen LogP contribution in [0.2, 0.25) is 0 Å². The fourth-order valence-electron chi connectivity index (χ4n) is 5.21. The Labute approximate surface area is 263 Å². The minimum absolute atomic E-state index is 0. The Hall–Kier alpha value is -2.18. The van der Waals surface area contributed by atoms with Crippen molar-refractivity contribution in [1.82, 2.24) is 0 Å². The van der Waals surface area contributed by atoms with E-state index in [1.165, 1.54) is 86.6 Å². The van der Waals surface area contributed by atoms with E-state index < -0.39 is 0 Å². The first-order valence-corrected chi connectivity index (χ1v) is 16.4. The largest absolute Gasteiger partial charge is 1.00 e. The number of carbonyl (C=O) groups excluding carboxylic acids is 1. The maximum absolute atomic E-state index is 12.8. The molecule has 1 amide bonds. The van der Waals surface area contributed by atoms with Crippen molar-refractivity contribution >= 4 is 22.9 Å². The number of hydrogen-bond donors (Lipinski definition) is 0. The standard InChI is InChI=1S/C35H51N2O2S.BrH/c1-5-6-7-8-9-10-11-12-13-14-15-16-22-39-35-21-20-29(2)23-33(35)27-37(31(4)38)34-19-17-18-32(24-34)26-36-25-30(3)40-28-36;/h17-21,23-25,28H,5-16,22,26-27H2,1-4H3;1H/q+1;/p-1. The summed E-state index contributed by atoms with van der Waals surface area (Å²) in [5.74, 6) is 0.921. The van der Waals surface area contributed by atoms with E-state index in [-0.39, 0.29) is 22.9 Å². The topological polar surface area (TPSA) is 33.4 Å². The van der Waals surface area contributed by atoms with E-state index in [0.29, 0.717) is 6.54 Å². The van der Waals surface area contributed by atoms with E-state index >= 15 is 0 Å². The molecule has 0 atom stereocenters. The van der Waals surface area contributed by atoms with Crippen LogP contribution in [0.5, 0.6) is 5.75 Å². The number of unbranched alkanes of at least 4 members (excludes halogenated alkanes) is 11. The molecule has 4 nitrogen and oxygen atoms in total. The fourth-order valence-corrected chi connectivity index (χ4v) is 5.85. The summed E-state index contributed by atoms with van der Waals surface area (Å²) in [5, 5.41) is 0. The second kappa shape index (κ2) is 19.9. The monoisotopic (exact) mass is 642 g/mol. The number of halogens is 1. The van der Waals surface area contributed by atoms with Crippen LogP contribution < -0.4 is 31.2 Å². The number of aromatic nitrogens is 1. The zero-order valence-electron chi connectivity index (χ0n) is 25.8. The molecule has 0 aliphatic carbocycles. The quantitative estimate of drug-likeness (QED) is 0.113. The Morgan fingerprint density at radius 3 is 2.15 bits per heavy atom. The van der Waals surface area contributed by atoms with Gasteiger partial charge >= 0.3 is 0 Å². The number of anilines is 1. The van der Waals surface area contributed by atoms with E-state index in [2.05, 4.69) is 67.4 Å². The Morgan fingerprint density at radius 2 is 1.54 bits per heavy atom. The fraction of sp³-hybridized carbons (Fsp3) is 0.543. The van der Waals surface area contributed by atoms with Crippen molar-refractivity contribution in [3.8, 4) is 5.75 Å². The van der Waals surface area contributed by atoms with Gasteiger partial charge in [-0.3, -0.25) is 4.79 Å². The molecule has 1 heterocycles. The summed E-state index contributed by atoms with van der Waals surface area (Å²) in [6.07, 6.45) is 18.2. The summed E-state index contributed by atoms with van der Waals surface area (Å²) < 4.78 is 8.46. The minimum Gasteiger partial charge on any atom is -1.00 e. The van der Waals surface area contributed by atoms with Gasteiger partial charge in [-0.05, 0) is 38.5 Å². The van der Waals surface area contributed by atoms with Gasteiger partial charge in [-0.2, -0.15) is 4.57 Å². The van der Waals surface area contributed by atoms with Crippen molar-refractivity contribution < 1.29 is 31.1 Å². The maximum atomic E-state index is 12.8. The smallest absolute Gasteiger partial charge is 0.225 e. The summed E-state index contributed by atoms with van der Waals surface area (Å²) in [7, 11) is 0. The second-order valence-electron chi connectivity index (χ2n) is 11.3. The van der Waals surface area contributed by atoms with Crippen molar-refractivity contribution in [1.29, 1.82) is 0 Å². The van der Waals surface area contributed by atoms with Gasteiger partial charge in [0, 0.05) is 23.7 Å². The lowest BCUT2D eigenvalue weighted by Gasteiger charge is -2.23. The zero-order valence-corrected chi connectivity index (χ0v) is 28.2. The Bertz CT molecular complexity index is 1160. The number of ether oxygens (including phenoxy) is 1. The van der Waals surface area contributed by atoms with Crippen LogP contribution in [0.1, 0.15) is 112 Å². The van der Waals surface area contributed by atoms with Crippen molar-refractivity contribution in [3.63, 3.8) is 0 Å². The molecule has 0 spiro atoms. The van der Waals surface area contributed by atoms with Crippen LogP contribution in [0.3, 0.4) is 0 Å². The van der Waals surface area contributed by atoms with Crippen molar-refractivity contribution in [2.75, 3.05) is 11.5 Å². The normalized spacial score (nSPS) is 10.8. The molecule has 0 N–H and O–H groups in total. The third-order valence-corrected chi connectivity index (χ3v) is 8.34. The van der Waals surface area contributed by atoms with Crippen LogP contribution in [-0.4, -0.2) is 12.5 Å². The van der Waals surface area contributed by atoms with E-state index in [0.717, 1.165) is 36.6 Å². The Kier molecular flexibility index (Phi) is 17.0. The molecule has 0 aliphatic rings. The average Bonchev–Trinajstić information content (AvgIpc) is 3.35. The van der Waals surface area contributed by atoms with Gasteiger partial charge in [0.1, 0.15) is 5.75 Å². The second-order valence-corrected chi connectivity index (χ2v) is 12.3. The minimum atomic E-state index is 0. The molecule has 1 aromatic heterocycles. The number of rotatable bonds is 19. The summed E-state index contributed by atoms with van der Waals surface area (Å²) in [6.45, 7) is 10.2. The van der Waals surface area contributed by atoms with E-state index in [1.807, 2.05) is 17.0 Å². The van der Waals surface area contributed by atoms with Crippen molar-refractivity contribution in [2.24, 2.45) is 0 Å². The number of nitrogens with zero attached hydrogens (tertiary/aromatic N) is 2. The maximum Gasteiger partial charge on any atom is 0.225 e. The molecule has 3 aromatic rings. The molecule has 0 aliphatic heterocycles. The van der Waals surface area contributed by atoms with E-state index in [1.54, 1.807) is 18.3 Å². The molecule has 0 unspecified atom stereocenters. The highest BCUT2D eigenvalue weighted by molar-refractivity contribution is 7.09. The van der Waals surface area contributed by atoms with E-state index in [9.17, 15) is 4.79 Å². The highest BCUT2D eigenvalue weighted by atomic mass is 79.9. The number of carbonyl (C=O) groups is 1. The van der Waals surface area contributed by atoms with Crippen molar-refractivity contribution in [2.45, 2.75) is 118 Å². The molecule has 0 radical (unpaired) electrons. The zero-order chi connectivity index (χ0) is 28.6. The van der Waals surface area contributed by atoms with Crippen LogP contribution in [0.15, 0.2) is 54.2 Å². The van der Waals surface area contributed by atoms with Crippen molar-refractivity contribution in [3.05, 3.63) is 75.7 Å². The van der Waals surface area contributed by atoms with Gasteiger partial charge < -0.3 is 26.6 Å². The van der Waals surface area contributed by atoms with Gasteiger partial charge in [0.15, 0.2) is 12.7 Å². The molecule has 3 rings (SSSR count).